The lowest BCUT2D eigenvalue weighted by molar-refractivity contribution is -0.253. The number of pyridine rings is 1. The number of amides is 1. The highest BCUT2D eigenvalue weighted by Gasteiger charge is 2.44. The van der Waals surface area contributed by atoms with Crippen LogP contribution in [0.1, 0.15) is 17.2 Å². The van der Waals surface area contributed by atoms with E-state index in [0.29, 0.717) is 22.8 Å². The maximum absolute atomic E-state index is 13.2. The molecule has 1 saturated heterocycles. The van der Waals surface area contributed by atoms with Gasteiger partial charge in [0.2, 0.25) is 5.88 Å². The molecule has 1 aliphatic rings. The number of ether oxygens (including phenoxy) is 3. The molecule has 3 aromatic rings. The minimum absolute atomic E-state index is 0.194. The summed E-state index contributed by atoms with van der Waals surface area (Å²) in [6.07, 6.45) is -8.06. The van der Waals surface area contributed by atoms with E-state index in [1.54, 1.807) is 54.7 Å². The van der Waals surface area contributed by atoms with Gasteiger partial charge in [0.25, 0.3) is 0 Å². The van der Waals surface area contributed by atoms with Crippen LogP contribution < -0.4 is 14.8 Å². The molecular formula is C23H18F4N2O4. The number of cyclic esters (lactones) is 1. The third kappa shape index (κ3) is 5.51. The molecule has 0 spiro atoms. The van der Waals surface area contributed by atoms with Crippen LogP contribution in [0, 0.1) is 0 Å². The zero-order valence-corrected chi connectivity index (χ0v) is 17.0. The fourth-order valence-corrected chi connectivity index (χ4v) is 3.36. The van der Waals surface area contributed by atoms with Crippen molar-refractivity contribution in [3.63, 3.8) is 0 Å². The number of alkyl halides is 4. The van der Waals surface area contributed by atoms with Crippen LogP contribution >= 0.6 is 0 Å². The van der Waals surface area contributed by atoms with Crippen molar-refractivity contribution >= 4 is 6.09 Å². The molecule has 1 aromatic heterocycles. The van der Waals surface area contributed by atoms with Crippen LogP contribution in [0.3, 0.4) is 0 Å². The van der Waals surface area contributed by atoms with E-state index in [9.17, 15) is 22.4 Å². The summed E-state index contributed by atoms with van der Waals surface area (Å²) in [5.41, 5.74) is 1.18. The number of nitrogens with one attached hydrogen (secondary N) is 1. The number of carbonyl (C=O) groups is 1. The third-order valence-corrected chi connectivity index (χ3v) is 4.83. The Morgan fingerprint density at radius 3 is 2.52 bits per heavy atom. The largest absolute Gasteiger partial charge is 0.461 e. The fraction of sp³-hybridized carbons (Fsp3) is 0.217. The van der Waals surface area contributed by atoms with Gasteiger partial charge in [-0.25, -0.2) is 9.78 Å². The summed E-state index contributed by atoms with van der Waals surface area (Å²) >= 11 is 0. The number of halogens is 4. The zero-order chi connectivity index (χ0) is 23.4. The maximum atomic E-state index is 13.2. The second-order valence-corrected chi connectivity index (χ2v) is 7.23. The number of alkyl carbamates (subject to hydrolysis) is 1. The topological polar surface area (TPSA) is 69.7 Å². The average Bonchev–Trinajstić information content (AvgIpc) is 3.14. The maximum Gasteiger partial charge on any atom is 0.461 e. The lowest BCUT2D eigenvalue weighted by Crippen LogP contribution is -2.33. The number of aromatic nitrogens is 1. The highest BCUT2D eigenvalue weighted by Crippen LogP contribution is 2.32. The van der Waals surface area contributed by atoms with Gasteiger partial charge in [0.1, 0.15) is 17.6 Å². The van der Waals surface area contributed by atoms with Crippen molar-refractivity contribution in [2.45, 2.75) is 31.1 Å². The molecule has 0 saturated carbocycles. The number of carbonyl (C=O) groups excluding carboxylic acids is 1. The molecule has 0 radical (unpaired) electrons. The first-order valence-electron chi connectivity index (χ1n) is 9.90. The van der Waals surface area contributed by atoms with Crippen LogP contribution in [0.25, 0.3) is 0 Å². The van der Waals surface area contributed by atoms with E-state index in [-0.39, 0.29) is 6.42 Å². The molecule has 172 valence electrons. The molecule has 2 atom stereocenters. The minimum Gasteiger partial charge on any atom is -0.439 e. The molecule has 2 aromatic carbocycles. The highest BCUT2D eigenvalue weighted by molar-refractivity contribution is 5.70. The predicted molar refractivity (Wildman–Crippen MR) is 109 cm³/mol. The number of hydrogen-bond donors (Lipinski definition) is 1. The van der Waals surface area contributed by atoms with Crippen LogP contribution in [0.2, 0.25) is 0 Å². The van der Waals surface area contributed by atoms with Crippen molar-refractivity contribution in [1.82, 2.24) is 10.3 Å². The normalized spacial score (nSPS) is 18.0. The smallest absolute Gasteiger partial charge is 0.439 e. The van der Waals surface area contributed by atoms with Gasteiger partial charge in [-0.1, -0.05) is 30.3 Å². The van der Waals surface area contributed by atoms with Crippen molar-refractivity contribution < 1.29 is 36.6 Å². The first-order valence-corrected chi connectivity index (χ1v) is 9.90. The summed E-state index contributed by atoms with van der Waals surface area (Å²) in [4.78, 5) is 16.0. The van der Waals surface area contributed by atoms with Crippen molar-refractivity contribution in [1.29, 1.82) is 0 Å². The van der Waals surface area contributed by atoms with E-state index < -0.39 is 36.5 Å². The van der Waals surface area contributed by atoms with Crippen LogP contribution in [0.5, 0.6) is 17.4 Å². The van der Waals surface area contributed by atoms with Gasteiger partial charge in [0.05, 0.1) is 6.04 Å². The number of rotatable bonds is 8. The van der Waals surface area contributed by atoms with Crippen LogP contribution in [-0.4, -0.2) is 29.7 Å². The number of hydrogen-bond acceptors (Lipinski definition) is 5. The Morgan fingerprint density at radius 1 is 1.03 bits per heavy atom. The third-order valence-electron chi connectivity index (χ3n) is 4.83. The van der Waals surface area contributed by atoms with Crippen molar-refractivity contribution in [2.75, 3.05) is 0 Å². The molecule has 6 nitrogen and oxygen atoms in total. The summed E-state index contributed by atoms with van der Waals surface area (Å²) in [6, 6.07) is 17.0. The van der Waals surface area contributed by atoms with Gasteiger partial charge in [-0.05, 0) is 47.9 Å². The fourth-order valence-electron chi connectivity index (χ4n) is 3.36. The lowest BCUT2D eigenvalue weighted by atomic mass is 9.96. The standard InChI is InChI=1S/C23H18F4N2O4/c24-21(25)23(26,27)33-17-5-3-4-14(12-17)13-18-20(32-22(30)29-18)15-7-9-16(10-8-15)31-19-6-1-2-11-28-19/h1-12,18,20-21H,13H2,(H,29,30). The summed E-state index contributed by atoms with van der Waals surface area (Å²) < 4.78 is 66.4. The molecule has 0 aliphatic carbocycles. The molecule has 0 bridgehead atoms. The summed E-state index contributed by atoms with van der Waals surface area (Å²) in [5.74, 6) is 0.559. The summed E-state index contributed by atoms with van der Waals surface area (Å²) in [6.45, 7) is 0. The van der Waals surface area contributed by atoms with Crippen molar-refractivity contribution in [3.05, 3.63) is 84.1 Å². The number of nitrogens with zero attached hydrogens (tertiary/aromatic N) is 1. The summed E-state index contributed by atoms with van der Waals surface area (Å²) in [7, 11) is 0. The SMILES string of the molecule is O=C1NC(Cc2cccc(OC(F)(F)C(F)F)c2)C(c2ccc(Oc3ccccn3)cc2)O1. The number of benzene rings is 2. The second-order valence-electron chi connectivity index (χ2n) is 7.23. The van der Waals surface area contributed by atoms with Gasteiger partial charge in [-0.2, -0.15) is 17.6 Å². The van der Waals surface area contributed by atoms with E-state index in [0.717, 1.165) is 6.07 Å². The summed E-state index contributed by atoms with van der Waals surface area (Å²) in [5, 5.41) is 2.68. The van der Waals surface area contributed by atoms with Gasteiger partial charge in [-0.3, -0.25) is 0 Å². The lowest BCUT2D eigenvalue weighted by Gasteiger charge is -2.19. The first-order chi connectivity index (χ1) is 15.8. The van der Waals surface area contributed by atoms with Crippen LogP contribution in [0.4, 0.5) is 22.4 Å². The molecular weight excluding hydrogens is 444 g/mol. The Labute approximate surface area is 186 Å². The van der Waals surface area contributed by atoms with Gasteiger partial charge < -0.3 is 19.5 Å². The van der Waals surface area contributed by atoms with Crippen LogP contribution in [0.15, 0.2) is 72.9 Å². The molecule has 2 unspecified atom stereocenters. The van der Waals surface area contributed by atoms with Gasteiger partial charge in [0, 0.05) is 12.3 Å². The Morgan fingerprint density at radius 2 is 1.82 bits per heavy atom. The molecule has 1 aliphatic heterocycles. The van der Waals surface area contributed by atoms with Gasteiger partial charge in [-0.15, -0.1) is 0 Å². The second kappa shape index (κ2) is 9.35. The van der Waals surface area contributed by atoms with Crippen molar-refractivity contribution in [2.24, 2.45) is 0 Å². The Bertz CT molecular complexity index is 1100. The molecule has 2 heterocycles. The van der Waals surface area contributed by atoms with E-state index in [1.807, 2.05) is 0 Å². The molecule has 1 amide bonds. The van der Waals surface area contributed by atoms with Crippen molar-refractivity contribution in [3.8, 4) is 17.4 Å². The quantitative estimate of drug-likeness (QED) is 0.448. The van der Waals surface area contributed by atoms with Gasteiger partial charge in [0.15, 0.2) is 0 Å². The Kier molecular flexibility index (Phi) is 6.34. The predicted octanol–water partition coefficient (Wildman–Crippen LogP) is 5.50. The van der Waals surface area contributed by atoms with E-state index in [1.165, 1.54) is 12.1 Å². The van der Waals surface area contributed by atoms with E-state index in [4.69, 9.17) is 9.47 Å². The molecule has 4 rings (SSSR count). The molecule has 1 N–H and O–H groups in total. The van der Waals surface area contributed by atoms with Gasteiger partial charge >= 0.3 is 18.6 Å². The average molecular weight is 462 g/mol. The highest BCUT2D eigenvalue weighted by atomic mass is 19.3. The first kappa shape index (κ1) is 22.4. The molecule has 10 heteroatoms. The molecule has 33 heavy (non-hydrogen) atoms. The van der Waals surface area contributed by atoms with Crippen LogP contribution in [-0.2, 0) is 11.2 Å². The Hall–Kier alpha value is -3.82. The Balaban J connectivity index is 1.46. The molecule has 1 fully saturated rings. The monoisotopic (exact) mass is 462 g/mol. The van der Waals surface area contributed by atoms with E-state index >= 15 is 0 Å². The zero-order valence-electron chi connectivity index (χ0n) is 17.0. The van der Waals surface area contributed by atoms with E-state index in [2.05, 4.69) is 15.0 Å². The minimum atomic E-state index is -4.61.